The molecule has 0 aliphatic heterocycles. The van der Waals surface area contributed by atoms with E-state index in [2.05, 4.69) is 10.6 Å². The number of alkyl carbamates (subject to hydrolysis) is 1. The predicted molar refractivity (Wildman–Crippen MR) is 140 cm³/mol. The number of aryl methyl sites for hydroxylation is 1. The lowest BCUT2D eigenvalue weighted by molar-refractivity contribution is -0.148. The summed E-state index contributed by atoms with van der Waals surface area (Å²) in [4.78, 5) is 41.6. The van der Waals surface area contributed by atoms with Crippen molar-refractivity contribution in [3.05, 3.63) is 65.7 Å². The first kappa shape index (κ1) is 28.8. The van der Waals surface area contributed by atoms with Crippen LogP contribution in [-0.4, -0.2) is 51.7 Å². The minimum atomic E-state index is -1.30. The number of ether oxygens (including phenoxy) is 1. The molecule has 0 aliphatic carbocycles. The van der Waals surface area contributed by atoms with E-state index in [9.17, 15) is 19.5 Å². The Balaban J connectivity index is 2.54. The van der Waals surface area contributed by atoms with Crippen LogP contribution in [0.5, 0.6) is 0 Å². The zero-order valence-electron chi connectivity index (χ0n) is 22.3. The van der Waals surface area contributed by atoms with E-state index in [1.807, 2.05) is 52.0 Å². The number of aliphatic hydroxyl groups is 1. The quantitative estimate of drug-likeness (QED) is 0.470. The lowest BCUT2D eigenvalue weighted by atomic mass is 9.92. The Morgan fingerprint density at radius 2 is 1.56 bits per heavy atom. The number of amides is 3. The Labute approximate surface area is 214 Å². The highest BCUT2D eigenvalue weighted by Gasteiger charge is 2.43. The normalized spacial score (nSPS) is 13.3. The number of carbonyl (C=O) groups excluding carboxylic acids is 3. The molecule has 0 saturated heterocycles. The van der Waals surface area contributed by atoms with Crippen molar-refractivity contribution >= 4 is 23.6 Å². The second-order valence-corrected chi connectivity index (χ2v) is 10.4. The lowest BCUT2D eigenvalue weighted by Crippen LogP contribution is -2.59. The smallest absolute Gasteiger partial charge is 0.408 e. The van der Waals surface area contributed by atoms with Crippen molar-refractivity contribution in [2.45, 2.75) is 78.1 Å². The minimum Gasteiger partial charge on any atom is -0.444 e. The Morgan fingerprint density at radius 3 is 2.08 bits per heavy atom. The Morgan fingerprint density at radius 1 is 0.972 bits per heavy atom. The molecule has 0 heterocycles. The van der Waals surface area contributed by atoms with Gasteiger partial charge in [0.15, 0.2) is 0 Å². The summed E-state index contributed by atoms with van der Waals surface area (Å²) in [5, 5.41) is 15.5. The van der Waals surface area contributed by atoms with Crippen LogP contribution in [0.1, 0.15) is 65.1 Å². The number of hydrogen-bond donors (Lipinski definition) is 3. The van der Waals surface area contributed by atoms with Crippen LogP contribution < -0.4 is 10.6 Å². The van der Waals surface area contributed by atoms with E-state index in [1.54, 1.807) is 51.1 Å². The number of benzene rings is 2. The van der Waals surface area contributed by atoms with E-state index in [-0.39, 0.29) is 0 Å². The van der Waals surface area contributed by atoms with Gasteiger partial charge in [-0.3, -0.25) is 9.59 Å². The monoisotopic (exact) mass is 497 g/mol. The topological polar surface area (TPSA) is 108 Å². The number of hydrogen-bond acceptors (Lipinski definition) is 5. The second-order valence-electron chi connectivity index (χ2n) is 10.4. The molecule has 0 bridgehead atoms. The highest BCUT2D eigenvalue weighted by molar-refractivity contribution is 5.99. The Kier molecular flexibility index (Phi) is 9.64. The fraction of sp³-hybridized carbons (Fsp3) is 0.464. The van der Waals surface area contributed by atoms with Crippen molar-refractivity contribution in [3.63, 3.8) is 0 Å². The maximum absolute atomic E-state index is 13.9. The zero-order valence-corrected chi connectivity index (χ0v) is 22.3. The van der Waals surface area contributed by atoms with Gasteiger partial charge in [0.25, 0.3) is 5.91 Å². The molecule has 0 aromatic heterocycles. The van der Waals surface area contributed by atoms with E-state index in [1.165, 1.54) is 4.90 Å². The molecule has 0 aliphatic rings. The highest BCUT2D eigenvalue weighted by atomic mass is 16.6. The van der Waals surface area contributed by atoms with Crippen molar-refractivity contribution < 1.29 is 24.2 Å². The van der Waals surface area contributed by atoms with Crippen LogP contribution >= 0.6 is 0 Å². The molecule has 2 aromatic carbocycles. The van der Waals surface area contributed by atoms with Gasteiger partial charge in [-0.1, -0.05) is 55.5 Å². The average Bonchev–Trinajstić information content (AvgIpc) is 2.81. The van der Waals surface area contributed by atoms with Crippen LogP contribution in [0.25, 0.3) is 0 Å². The van der Waals surface area contributed by atoms with Crippen molar-refractivity contribution in [2.75, 3.05) is 11.9 Å². The summed E-state index contributed by atoms with van der Waals surface area (Å²) in [6, 6.07) is 14.1. The van der Waals surface area contributed by atoms with Crippen molar-refractivity contribution in [1.29, 1.82) is 0 Å². The third-order valence-electron chi connectivity index (χ3n) is 5.95. The molecule has 0 fully saturated rings. The second kappa shape index (κ2) is 12.0. The first-order valence-electron chi connectivity index (χ1n) is 12.2. The fourth-order valence-corrected chi connectivity index (χ4v) is 3.72. The molecular weight excluding hydrogens is 458 g/mol. The fourth-order valence-electron chi connectivity index (χ4n) is 3.72. The third-order valence-corrected chi connectivity index (χ3v) is 5.95. The molecule has 196 valence electrons. The maximum atomic E-state index is 13.9. The molecule has 2 rings (SSSR count). The molecule has 8 nitrogen and oxygen atoms in total. The molecule has 0 radical (unpaired) electrons. The lowest BCUT2D eigenvalue weighted by Gasteiger charge is -2.44. The molecule has 8 heteroatoms. The SMILES string of the molecule is CCC(C)(C)N(C(=O)C(CO)NC(=O)OC(C)(C)C)C(C(=O)Nc1ccccc1C)c1ccccc1. The molecule has 2 aromatic rings. The van der Waals surface area contributed by atoms with Crippen molar-refractivity contribution in [3.8, 4) is 0 Å². The van der Waals surface area contributed by atoms with Crippen LogP contribution in [0.15, 0.2) is 54.6 Å². The Bertz CT molecular complexity index is 1050. The number of anilines is 1. The van der Waals surface area contributed by atoms with Crippen molar-refractivity contribution in [2.24, 2.45) is 0 Å². The molecule has 0 spiro atoms. The van der Waals surface area contributed by atoms with Crippen molar-refractivity contribution in [1.82, 2.24) is 10.2 Å². The summed E-state index contributed by atoms with van der Waals surface area (Å²) in [6.07, 6.45) is -0.311. The number of para-hydroxylation sites is 1. The summed E-state index contributed by atoms with van der Waals surface area (Å²) in [6.45, 7) is 12.0. The predicted octanol–water partition coefficient (Wildman–Crippen LogP) is 4.58. The van der Waals surface area contributed by atoms with E-state index in [0.29, 0.717) is 17.7 Å². The van der Waals surface area contributed by atoms with E-state index in [4.69, 9.17) is 4.74 Å². The van der Waals surface area contributed by atoms with Gasteiger partial charge in [0.05, 0.1) is 6.61 Å². The third kappa shape index (κ3) is 7.55. The first-order chi connectivity index (χ1) is 16.8. The summed E-state index contributed by atoms with van der Waals surface area (Å²) >= 11 is 0. The summed E-state index contributed by atoms with van der Waals surface area (Å²) in [5.74, 6) is -0.997. The molecular formula is C28H39N3O5. The number of aliphatic hydroxyl groups excluding tert-OH is 1. The molecule has 0 saturated carbocycles. The van der Waals surface area contributed by atoms with Gasteiger partial charge < -0.3 is 25.4 Å². The summed E-state index contributed by atoms with van der Waals surface area (Å²) < 4.78 is 5.29. The van der Waals surface area contributed by atoms with Gasteiger partial charge in [-0.25, -0.2) is 4.79 Å². The summed E-state index contributed by atoms with van der Waals surface area (Å²) in [5.41, 5.74) is 0.535. The van der Waals surface area contributed by atoms with Gasteiger partial charge in [-0.2, -0.15) is 0 Å². The molecule has 2 unspecified atom stereocenters. The number of nitrogens with one attached hydrogen (secondary N) is 2. The summed E-state index contributed by atoms with van der Waals surface area (Å²) in [7, 11) is 0. The molecule has 3 amide bonds. The van der Waals surface area contributed by atoms with Gasteiger partial charge in [0.1, 0.15) is 17.7 Å². The zero-order chi connectivity index (χ0) is 27.1. The van der Waals surface area contributed by atoms with Gasteiger partial charge in [-0.15, -0.1) is 0 Å². The van der Waals surface area contributed by atoms with Crippen LogP contribution in [0, 0.1) is 6.92 Å². The van der Waals surface area contributed by atoms with E-state index in [0.717, 1.165) is 5.56 Å². The van der Waals surface area contributed by atoms with E-state index >= 15 is 0 Å². The molecule has 36 heavy (non-hydrogen) atoms. The number of rotatable bonds is 9. The average molecular weight is 498 g/mol. The largest absolute Gasteiger partial charge is 0.444 e. The van der Waals surface area contributed by atoms with Gasteiger partial charge >= 0.3 is 6.09 Å². The van der Waals surface area contributed by atoms with Gasteiger partial charge in [-0.05, 0) is 65.2 Å². The molecule has 3 N–H and O–H groups in total. The van der Waals surface area contributed by atoms with E-state index < -0.39 is 47.7 Å². The minimum absolute atomic E-state index is 0.403. The van der Waals surface area contributed by atoms with Crippen LogP contribution in [0.4, 0.5) is 10.5 Å². The highest BCUT2D eigenvalue weighted by Crippen LogP contribution is 2.33. The standard InChI is InChI=1S/C28H39N3O5/c1-8-28(6,7)31(25(34)22(18-32)30-26(35)36-27(3,4)5)23(20-15-10-9-11-16-20)24(33)29-21-17-13-12-14-19(21)2/h9-17,22-23,32H,8,18H2,1-7H3,(H,29,33)(H,30,35). The van der Waals surface area contributed by atoms with Crippen LogP contribution in [-0.2, 0) is 14.3 Å². The van der Waals surface area contributed by atoms with Crippen LogP contribution in [0.3, 0.4) is 0 Å². The number of nitrogens with zero attached hydrogens (tertiary/aromatic N) is 1. The maximum Gasteiger partial charge on any atom is 0.408 e. The first-order valence-corrected chi connectivity index (χ1v) is 12.2. The van der Waals surface area contributed by atoms with Crippen LogP contribution in [0.2, 0.25) is 0 Å². The molecule has 2 atom stereocenters. The Hall–Kier alpha value is -3.39. The van der Waals surface area contributed by atoms with Gasteiger partial charge in [0, 0.05) is 11.2 Å². The number of carbonyl (C=O) groups is 3. The van der Waals surface area contributed by atoms with Gasteiger partial charge in [0.2, 0.25) is 5.91 Å².